The number of nitrogens with zero attached hydrogens (tertiary/aromatic N) is 5. The maximum absolute atomic E-state index is 12.9. The van der Waals surface area contributed by atoms with Crippen molar-refractivity contribution in [3.8, 4) is 0 Å². The lowest BCUT2D eigenvalue weighted by atomic mass is 10.2. The van der Waals surface area contributed by atoms with Gasteiger partial charge in [0, 0.05) is 24.1 Å². The quantitative estimate of drug-likeness (QED) is 0.368. The molecule has 0 bridgehead atoms. The van der Waals surface area contributed by atoms with Crippen molar-refractivity contribution in [2.24, 2.45) is 19.2 Å². The Labute approximate surface area is 187 Å². The van der Waals surface area contributed by atoms with E-state index in [0.29, 0.717) is 16.0 Å². The van der Waals surface area contributed by atoms with Gasteiger partial charge in [0.05, 0.1) is 12.8 Å². The van der Waals surface area contributed by atoms with Crippen LogP contribution in [0.4, 0.5) is 5.95 Å². The molecule has 4 aromatic rings. The van der Waals surface area contributed by atoms with Crippen LogP contribution in [0, 0.1) is 0 Å². The molecule has 0 aliphatic heterocycles. The fourth-order valence-electron chi connectivity index (χ4n) is 3.20. The van der Waals surface area contributed by atoms with Gasteiger partial charge in [-0.1, -0.05) is 53.5 Å². The third kappa shape index (κ3) is 3.99. The highest BCUT2D eigenvalue weighted by Gasteiger charge is 2.19. The monoisotopic (exact) mass is 456 g/mol. The van der Waals surface area contributed by atoms with E-state index >= 15 is 0 Å². The van der Waals surface area contributed by atoms with Crippen LogP contribution in [-0.4, -0.2) is 24.9 Å². The molecule has 4 rings (SSSR count). The van der Waals surface area contributed by atoms with Gasteiger partial charge in [-0.2, -0.15) is 10.1 Å². The molecule has 8 nitrogen and oxygen atoms in total. The first-order valence-corrected chi connectivity index (χ1v) is 10.1. The van der Waals surface area contributed by atoms with Crippen molar-refractivity contribution in [1.29, 1.82) is 0 Å². The van der Waals surface area contributed by atoms with Gasteiger partial charge in [-0.05, 0) is 29.3 Å². The molecule has 31 heavy (non-hydrogen) atoms. The summed E-state index contributed by atoms with van der Waals surface area (Å²) in [5, 5.41) is 5.42. The lowest BCUT2D eigenvalue weighted by Crippen LogP contribution is -2.37. The normalized spacial score (nSPS) is 11.5. The first-order chi connectivity index (χ1) is 14.9. The number of imidazole rings is 1. The molecule has 2 aromatic heterocycles. The number of aryl methyl sites for hydroxylation is 1. The van der Waals surface area contributed by atoms with Gasteiger partial charge in [0.2, 0.25) is 5.95 Å². The average molecular weight is 457 g/mol. The van der Waals surface area contributed by atoms with Crippen molar-refractivity contribution < 1.29 is 0 Å². The minimum atomic E-state index is -0.462. The second-order valence-electron chi connectivity index (χ2n) is 6.91. The Morgan fingerprint density at radius 3 is 2.45 bits per heavy atom. The van der Waals surface area contributed by atoms with E-state index in [-0.39, 0.29) is 17.7 Å². The van der Waals surface area contributed by atoms with Gasteiger partial charge in [0.15, 0.2) is 11.2 Å². The van der Waals surface area contributed by atoms with E-state index in [0.717, 1.165) is 15.7 Å². The summed E-state index contributed by atoms with van der Waals surface area (Å²) in [5.74, 6) is 0.304. The van der Waals surface area contributed by atoms with E-state index < -0.39 is 11.2 Å². The highest BCUT2D eigenvalue weighted by Crippen LogP contribution is 2.22. The lowest BCUT2D eigenvalue weighted by Gasteiger charge is -2.10. The summed E-state index contributed by atoms with van der Waals surface area (Å²) in [6.07, 6.45) is 1.60. The van der Waals surface area contributed by atoms with Crippen LogP contribution >= 0.6 is 23.2 Å². The van der Waals surface area contributed by atoms with E-state index in [9.17, 15) is 9.59 Å². The molecular formula is C21H18Cl2N6O2. The van der Waals surface area contributed by atoms with Crippen LogP contribution in [0.3, 0.4) is 0 Å². The highest BCUT2D eigenvalue weighted by atomic mass is 35.5. The molecule has 1 N–H and O–H groups in total. The maximum Gasteiger partial charge on any atom is 0.332 e. The zero-order valence-corrected chi connectivity index (χ0v) is 18.2. The number of anilines is 1. The predicted octanol–water partition coefficient (Wildman–Crippen LogP) is 3.23. The largest absolute Gasteiger partial charge is 0.332 e. The number of halogens is 2. The molecule has 158 valence electrons. The van der Waals surface area contributed by atoms with Crippen molar-refractivity contribution >= 4 is 46.5 Å². The van der Waals surface area contributed by atoms with E-state index in [4.69, 9.17) is 23.2 Å². The minimum absolute atomic E-state index is 0.254. The summed E-state index contributed by atoms with van der Waals surface area (Å²) in [7, 11) is 3.00. The lowest BCUT2D eigenvalue weighted by molar-refractivity contribution is 0.702. The van der Waals surface area contributed by atoms with Crippen LogP contribution in [-0.2, 0) is 20.6 Å². The van der Waals surface area contributed by atoms with Crippen LogP contribution in [0.5, 0.6) is 0 Å². The first kappa shape index (κ1) is 20.9. The SMILES string of the molecule is Cn1c(=O)c2c(nc(NN=Cc3ccc(Cl)cc3)n2Cc2ccccc2Cl)n(C)c1=O. The fraction of sp³-hybridized carbons (Fsp3) is 0.143. The number of hydrogen-bond acceptors (Lipinski definition) is 5. The topological polar surface area (TPSA) is 86.2 Å². The van der Waals surface area contributed by atoms with Crippen LogP contribution in [0.25, 0.3) is 11.2 Å². The molecule has 0 saturated heterocycles. The number of benzene rings is 2. The summed E-state index contributed by atoms with van der Waals surface area (Å²) in [4.78, 5) is 29.7. The molecule has 0 radical (unpaired) electrons. The van der Waals surface area contributed by atoms with Crippen molar-refractivity contribution in [2.45, 2.75) is 6.54 Å². The molecule has 0 atom stereocenters. The zero-order valence-electron chi connectivity index (χ0n) is 16.7. The van der Waals surface area contributed by atoms with Crippen LogP contribution < -0.4 is 16.7 Å². The summed E-state index contributed by atoms with van der Waals surface area (Å²) in [6.45, 7) is 0.266. The van der Waals surface area contributed by atoms with E-state index in [1.807, 2.05) is 30.3 Å². The second-order valence-corrected chi connectivity index (χ2v) is 7.76. The summed E-state index contributed by atoms with van der Waals surface area (Å²) >= 11 is 12.2. The van der Waals surface area contributed by atoms with E-state index in [1.54, 1.807) is 36.0 Å². The van der Waals surface area contributed by atoms with Gasteiger partial charge in [-0.3, -0.25) is 18.5 Å². The molecule has 0 saturated carbocycles. The molecule has 2 heterocycles. The van der Waals surface area contributed by atoms with E-state index in [2.05, 4.69) is 15.5 Å². The molecule has 0 fully saturated rings. The van der Waals surface area contributed by atoms with Crippen molar-refractivity contribution in [2.75, 3.05) is 5.43 Å². The number of hydrogen-bond donors (Lipinski definition) is 1. The Balaban J connectivity index is 1.83. The fourth-order valence-corrected chi connectivity index (χ4v) is 3.52. The molecule has 0 amide bonds. The Morgan fingerprint density at radius 2 is 1.74 bits per heavy atom. The minimum Gasteiger partial charge on any atom is -0.298 e. The standard InChI is InChI=1S/C21H18Cl2N6O2/c1-27-18-17(19(30)28(2)21(27)31)29(12-14-5-3-4-6-16(14)23)20(25-18)26-24-11-13-7-9-15(22)10-8-13/h3-11H,12H2,1-2H3,(H,25,26). The smallest absolute Gasteiger partial charge is 0.298 e. The third-order valence-electron chi connectivity index (χ3n) is 4.88. The average Bonchev–Trinajstić information content (AvgIpc) is 3.12. The maximum atomic E-state index is 12.9. The Bertz CT molecular complexity index is 1420. The van der Waals surface area contributed by atoms with Crippen molar-refractivity contribution in [1.82, 2.24) is 18.7 Å². The number of aromatic nitrogens is 4. The molecule has 2 aromatic carbocycles. The highest BCUT2D eigenvalue weighted by molar-refractivity contribution is 6.31. The first-order valence-electron chi connectivity index (χ1n) is 9.31. The Kier molecular flexibility index (Phi) is 5.67. The predicted molar refractivity (Wildman–Crippen MR) is 123 cm³/mol. The van der Waals surface area contributed by atoms with Crippen LogP contribution in [0.2, 0.25) is 10.0 Å². The van der Waals surface area contributed by atoms with Gasteiger partial charge < -0.3 is 0 Å². The third-order valence-corrected chi connectivity index (χ3v) is 5.50. The van der Waals surface area contributed by atoms with Gasteiger partial charge >= 0.3 is 5.69 Å². The van der Waals surface area contributed by atoms with Gasteiger partial charge in [0.25, 0.3) is 5.56 Å². The summed E-state index contributed by atoms with van der Waals surface area (Å²) in [5.41, 5.74) is 4.12. The second kappa shape index (κ2) is 8.41. The van der Waals surface area contributed by atoms with Crippen molar-refractivity contribution in [3.05, 3.63) is 90.5 Å². The number of fused-ring (bicyclic) bond motifs is 1. The Hall–Kier alpha value is -3.36. The number of hydrazone groups is 1. The molecule has 0 unspecified atom stereocenters. The summed E-state index contributed by atoms with van der Waals surface area (Å²) < 4.78 is 4.04. The Morgan fingerprint density at radius 1 is 1.03 bits per heavy atom. The molecule has 0 aliphatic rings. The van der Waals surface area contributed by atoms with Crippen molar-refractivity contribution in [3.63, 3.8) is 0 Å². The van der Waals surface area contributed by atoms with E-state index in [1.165, 1.54) is 11.6 Å². The van der Waals surface area contributed by atoms with Gasteiger partial charge in [0.1, 0.15) is 0 Å². The number of nitrogens with one attached hydrogen (secondary N) is 1. The van der Waals surface area contributed by atoms with Gasteiger partial charge in [-0.25, -0.2) is 10.2 Å². The van der Waals surface area contributed by atoms with Crippen LogP contribution in [0.1, 0.15) is 11.1 Å². The molecule has 10 heteroatoms. The van der Waals surface area contributed by atoms with Crippen LogP contribution in [0.15, 0.2) is 63.2 Å². The molecular weight excluding hydrogens is 439 g/mol. The zero-order chi connectivity index (χ0) is 22.1. The summed E-state index contributed by atoms with van der Waals surface area (Å²) in [6, 6.07) is 14.5. The molecule has 0 aliphatic carbocycles. The number of rotatable bonds is 5. The van der Waals surface area contributed by atoms with Gasteiger partial charge in [-0.15, -0.1) is 0 Å². The molecule has 0 spiro atoms.